The molecular formula is C36H21N3S2. The van der Waals surface area contributed by atoms with Crippen LogP contribution in [0.5, 0.6) is 0 Å². The first-order valence-corrected chi connectivity index (χ1v) is 14.7. The Hall–Kier alpha value is -5.20. The van der Waals surface area contributed by atoms with Crippen molar-refractivity contribution in [2.75, 3.05) is 4.90 Å². The molecule has 0 N–H and O–H groups in total. The summed E-state index contributed by atoms with van der Waals surface area (Å²) in [5.74, 6) is 0. The van der Waals surface area contributed by atoms with Crippen molar-refractivity contribution >= 4 is 44.6 Å². The molecule has 0 unspecified atom stereocenters. The minimum absolute atomic E-state index is 0.135. The van der Waals surface area contributed by atoms with Crippen LogP contribution in [0.1, 0.15) is 11.1 Å². The maximum absolute atomic E-state index is 9.62. The van der Waals surface area contributed by atoms with Gasteiger partial charge in [0.1, 0.15) is 5.00 Å². The molecule has 0 saturated heterocycles. The molecule has 0 radical (unpaired) electrons. The highest BCUT2D eigenvalue weighted by Crippen LogP contribution is 2.49. The normalized spacial score (nSPS) is 12.6. The van der Waals surface area contributed by atoms with Crippen LogP contribution in [-0.4, -0.2) is 0 Å². The van der Waals surface area contributed by atoms with Crippen LogP contribution >= 0.6 is 22.7 Å². The summed E-state index contributed by atoms with van der Waals surface area (Å²) in [6.45, 7) is 7.54. The monoisotopic (exact) mass is 559 g/mol. The van der Waals surface area contributed by atoms with Gasteiger partial charge in [-0.3, -0.25) is 0 Å². The third-order valence-corrected chi connectivity index (χ3v) is 9.60. The largest absolute Gasteiger partial charge is 0.302 e. The van der Waals surface area contributed by atoms with Crippen LogP contribution < -0.4 is 4.90 Å². The first-order valence-electron chi connectivity index (χ1n) is 13.1. The second-order valence-electron chi connectivity index (χ2n) is 9.56. The van der Waals surface area contributed by atoms with Crippen molar-refractivity contribution in [3.05, 3.63) is 156 Å². The van der Waals surface area contributed by atoms with E-state index in [0.717, 1.165) is 49.8 Å². The van der Waals surface area contributed by atoms with Gasteiger partial charge in [0.25, 0.3) is 5.70 Å². The molecule has 0 spiro atoms. The SMILES string of the molecule is [C-]#[N+]/C(C#N)=C1/c2ccccc2-c2cc(-c3ccc(-c4ccc(N(c5ccccc5)c5ccccc5)s4)s3)ccc21. The average molecular weight is 560 g/mol. The summed E-state index contributed by atoms with van der Waals surface area (Å²) >= 11 is 3.56. The Labute approximate surface area is 247 Å². The molecule has 4 aromatic carbocycles. The molecule has 2 aromatic heterocycles. The van der Waals surface area contributed by atoms with E-state index >= 15 is 0 Å². The van der Waals surface area contributed by atoms with E-state index in [-0.39, 0.29) is 5.70 Å². The standard InChI is InChI=1S/C36H21N3S2/c1-38-31(23-37)36-28-15-9-8-14-27(28)30-22-24(16-17-29(30)36)32-18-19-33(40-32)34-20-21-35(41-34)39(25-10-4-2-5-11-25)26-12-6-3-7-13-26/h2-22H/b36-31-. The van der Waals surface area contributed by atoms with Gasteiger partial charge in [0.05, 0.1) is 12.6 Å². The number of nitriles is 1. The van der Waals surface area contributed by atoms with Crippen LogP contribution in [0.15, 0.2) is 133 Å². The number of nitrogens with zero attached hydrogens (tertiary/aromatic N) is 3. The molecule has 0 aliphatic heterocycles. The predicted molar refractivity (Wildman–Crippen MR) is 171 cm³/mol. The molecule has 0 atom stereocenters. The second kappa shape index (κ2) is 10.4. The minimum atomic E-state index is 0.135. The number of hydrogen-bond acceptors (Lipinski definition) is 4. The van der Waals surface area contributed by atoms with Gasteiger partial charge in [0, 0.05) is 31.6 Å². The van der Waals surface area contributed by atoms with Crippen molar-refractivity contribution in [1.82, 2.24) is 0 Å². The molecule has 0 amide bonds. The molecule has 7 rings (SSSR count). The van der Waals surface area contributed by atoms with Gasteiger partial charge < -0.3 is 4.90 Å². The molecular weight excluding hydrogens is 539 g/mol. The number of para-hydroxylation sites is 2. The van der Waals surface area contributed by atoms with Crippen LogP contribution in [0.4, 0.5) is 16.4 Å². The van der Waals surface area contributed by atoms with E-state index in [2.05, 4.69) is 113 Å². The zero-order valence-electron chi connectivity index (χ0n) is 21.8. The lowest BCUT2D eigenvalue weighted by atomic mass is 10.0. The summed E-state index contributed by atoms with van der Waals surface area (Å²) in [5.41, 5.74) is 8.29. The Morgan fingerprint density at radius 1 is 0.610 bits per heavy atom. The van der Waals surface area contributed by atoms with Crippen LogP contribution in [0.2, 0.25) is 0 Å². The average Bonchev–Trinajstić information content (AvgIpc) is 3.78. The van der Waals surface area contributed by atoms with Gasteiger partial charge in [-0.1, -0.05) is 72.8 Å². The van der Waals surface area contributed by atoms with Crippen LogP contribution in [-0.2, 0) is 0 Å². The first-order chi connectivity index (χ1) is 20.2. The van der Waals surface area contributed by atoms with Gasteiger partial charge in [-0.2, -0.15) is 0 Å². The lowest BCUT2D eigenvalue weighted by molar-refractivity contribution is 1.32. The summed E-state index contributed by atoms with van der Waals surface area (Å²) in [7, 11) is 0. The molecule has 3 nitrogen and oxygen atoms in total. The zero-order valence-corrected chi connectivity index (χ0v) is 23.4. The maximum Gasteiger partial charge on any atom is 0.270 e. The van der Waals surface area contributed by atoms with Crippen molar-refractivity contribution in [3.8, 4) is 37.4 Å². The number of allylic oxidation sites excluding steroid dienone is 1. The van der Waals surface area contributed by atoms with Crippen molar-refractivity contribution in [1.29, 1.82) is 5.26 Å². The third-order valence-electron chi connectivity index (χ3n) is 7.20. The van der Waals surface area contributed by atoms with Crippen LogP contribution in [0.3, 0.4) is 0 Å². The summed E-state index contributed by atoms with van der Waals surface area (Å²) in [4.78, 5) is 9.45. The molecule has 0 bridgehead atoms. The smallest absolute Gasteiger partial charge is 0.270 e. The Bertz CT molecular complexity index is 1960. The van der Waals surface area contributed by atoms with E-state index in [0.29, 0.717) is 0 Å². The summed E-state index contributed by atoms with van der Waals surface area (Å²) in [6.07, 6.45) is 0. The van der Waals surface area contributed by atoms with Gasteiger partial charge in [-0.05, 0) is 82.4 Å². The summed E-state index contributed by atoms with van der Waals surface area (Å²) in [5, 5.41) is 10.8. The number of benzene rings is 4. The van der Waals surface area contributed by atoms with Gasteiger partial charge in [0.15, 0.2) is 0 Å². The van der Waals surface area contributed by atoms with Crippen molar-refractivity contribution < 1.29 is 0 Å². The Balaban J connectivity index is 1.25. The number of rotatable bonds is 5. The lowest BCUT2D eigenvalue weighted by Crippen LogP contribution is -2.07. The van der Waals surface area contributed by atoms with Crippen molar-refractivity contribution in [2.24, 2.45) is 0 Å². The number of thiophene rings is 2. The van der Waals surface area contributed by atoms with Crippen LogP contribution in [0, 0.1) is 17.9 Å². The summed E-state index contributed by atoms with van der Waals surface area (Å²) in [6, 6.07) is 46.2. The molecule has 1 aliphatic carbocycles. The molecule has 2 heterocycles. The number of fused-ring (bicyclic) bond motifs is 3. The van der Waals surface area contributed by atoms with Gasteiger partial charge in [-0.25, -0.2) is 10.1 Å². The molecule has 5 heteroatoms. The highest BCUT2D eigenvalue weighted by atomic mass is 32.1. The highest BCUT2D eigenvalue weighted by molar-refractivity contribution is 7.25. The Morgan fingerprint density at radius 3 is 1.88 bits per heavy atom. The van der Waals surface area contributed by atoms with Crippen molar-refractivity contribution in [3.63, 3.8) is 0 Å². The fourth-order valence-electron chi connectivity index (χ4n) is 5.37. The highest BCUT2D eigenvalue weighted by Gasteiger charge is 2.26. The molecule has 192 valence electrons. The Morgan fingerprint density at radius 2 is 1.20 bits per heavy atom. The molecule has 0 fully saturated rings. The van der Waals surface area contributed by atoms with E-state index in [4.69, 9.17) is 6.57 Å². The first kappa shape index (κ1) is 24.8. The van der Waals surface area contributed by atoms with Gasteiger partial charge in [0.2, 0.25) is 0 Å². The maximum atomic E-state index is 9.62. The predicted octanol–water partition coefficient (Wildman–Crippen LogP) is 10.8. The zero-order chi connectivity index (χ0) is 27.8. The molecule has 6 aromatic rings. The van der Waals surface area contributed by atoms with Crippen molar-refractivity contribution in [2.45, 2.75) is 0 Å². The van der Waals surface area contributed by atoms with E-state index in [9.17, 15) is 5.26 Å². The second-order valence-corrected chi connectivity index (χ2v) is 11.7. The minimum Gasteiger partial charge on any atom is -0.302 e. The van der Waals surface area contributed by atoms with Gasteiger partial charge >= 0.3 is 0 Å². The third kappa shape index (κ3) is 4.35. The van der Waals surface area contributed by atoms with Gasteiger partial charge in [-0.15, -0.1) is 22.7 Å². The quantitative estimate of drug-likeness (QED) is 0.155. The van der Waals surface area contributed by atoms with E-state index in [1.807, 2.05) is 30.3 Å². The summed E-state index contributed by atoms with van der Waals surface area (Å²) < 4.78 is 0. The lowest BCUT2D eigenvalue weighted by Gasteiger charge is -2.23. The number of hydrogen-bond donors (Lipinski definition) is 0. The molecule has 41 heavy (non-hydrogen) atoms. The van der Waals surface area contributed by atoms with E-state index in [1.54, 1.807) is 22.7 Å². The number of anilines is 3. The molecule has 1 aliphatic rings. The Kier molecular flexibility index (Phi) is 6.30. The fraction of sp³-hybridized carbons (Fsp3) is 0. The van der Waals surface area contributed by atoms with E-state index in [1.165, 1.54) is 14.6 Å². The topological polar surface area (TPSA) is 31.4 Å². The van der Waals surface area contributed by atoms with Crippen LogP contribution in [0.25, 0.3) is 41.7 Å². The van der Waals surface area contributed by atoms with E-state index < -0.39 is 0 Å². The molecule has 0 saturated carbocycles. The fourth-order valence-corrected chi connectivity index (χ4v) is 7.52.